The molecule has 19 heavy (non-hydrogen) atoms. The van der Waals surface area contributed by atoms with Crippen molar-refractivity contribution in [3.05, 3.63) is 48.2 Å². The van der Waals surface area contributed by atoms with E-state index in [9.17, 15) is 13.2 Å². The third kappa shape index (κ3) is 3.01. The van der Waals surface area contributed by atoms with Gasteiger partial charge in [0, 0.05) is 5.69 Å². The minimum atomic E-state index is -3.68. The van der Waals surface area contributed by atoms with Crippen LogP contribution in [0.2, 0.25) is 0 Å². The minimum absolute atomic E-state index is 0.0716. The van der Waals surface area contributed by atoms with Crippen LogP contribution in [0.1, 0.15) is 10.6 Å². The van der Waals surface area contributed by atoms with Crippen LogP contribution in [0.5, 0.6) is 0 Å². The smallest absolute Gasteiger partial charge is 0.291 e. The molecular weight excluding hydrogens is 268 g/mol. The topological polar surface area (TPSA) is 88.4 Å². The minimum Gasteiger partial charge on any atom is -0.438 e. The largest absolute Gasteiger partial charge is 0.438 e. The zero-order valence-corrected chi connectivity index (χ0v) is 10.9. The Kier molecular flexibility index (Phi) is 3.68. The Bertz CT molecular complexity index is 677. The first kappa shape index (κ1) is 13.3. The fraction of sp³-hybridized carbons (Fsp3) is 0.0833. The molecule has 1 aromatic heterocycles. The second kappa shape index (κ2) is 5.25. The molecule has 0 spiro atoms. The van der Waals surface area contributed by atoms with E-state index in [-0.39, 0.29) is 10.9 Å². The van der Waals surface area contributed by atoms with Crippen molar-refractivity contribution in [2.75, 3.05) is 12.4 Å². The van der Waals surface area contributed by atoms with E-state index in [1.807, 2.05) is 6.07 Å². The van der Waals surface area contributed by atoms with Crippen molar-refractivity contribution in [1.82, 2.24) is 4.72 Å². The molecule has 0 saturated carbocycles. The number of sulfonamides is 1. The molecular formula is C12H12N2O4S. The zero-order chi connectivity index (χ0) is 13.9. The third-order valence-corrected chi connectivity index (χ3v) is 3.66. The summed E-state index contributed by atoms with van der Waals surface area (Å²) in [7, 11) is -2.41. The quantitative estimate of drug-likeness (QED) is 0.887. The number of nitrogens with one attached hydrogen (secondary N) is 2. The number of para-hydroxylation sites is 1. The number of carbonyl (C=O) groups excluding carboxylic acids is 1. The summed E-state index contributed by atoms with van der Waals surface area (Å²) in [6, 6.07) is 11.3. The van der Waals surface area contributed by atoms with Gasteiger partial charge in [-0.05, 0) is 31.3 Å². The van der Waals surface area contributed by atoms with Gasteiger partial charge in [-0.2, -0.15) is 0 Å². The number of hydrogen-bond acceptors (Lipinski definition) is 4. The highest BCUT2D eigenvalue weighted by atomic mass is 32.2. The summed E-state index contributed by atoms with van der Waals surface area (Å²) in [6.45, 7) is 0. The van der Waals surface area contributed by atoms with E-state index in [4.69, 9.17) is 4.42 Å². The predicted molar refractivity (Wildman–Crippen MR) is 69.3 cm³/mol. The van der Waals surface area contributed by atoms with Crippen molar-refractivity contribution in [1.29, 1.82) is 0 Å². The van der Waals surface area contributed by atoms with E-state index in [0.717, 1.165) is 0 Å². The molecule has 2 aromatic rings. The SMILES string of the molecule is CNS(=O)(=O)c1ccc(C(=O)Nc2ccccc2)o1. The number of benzene rings is 1. The van der Waals surface area contributed by atoms with E-state index in [1.165, 1.54) is 19.2 Å². The predicted octanol–water partition coefficient (Wildman–Crippen LogP) is 1.44. The number of anilines is 1. The monoisotopic (exact) mass is 280 g/mol. The molecule has 0 radical (unpaired) electrons. The number of rotatable bonds is 4. The Morgan fingerprint density at radius 3 is 2.42 bits per heavy atom. The van der Waals surface area contributed by atoms with Crippen molar-refractivity contribution in [3.63, 3.8) is 0 Å². The lowest BCUT2D eigenvalue weighted by molar-refractivity contribution is 0.0991. The molecule has 0 aliphatic heterocycles. The number of hydrogen-bond donors (Lipinski definition) is 2. The van der Waals surface area contributed by atoms with E-state index >= 15 is 0 Å². The first-order valence-electron chi connectivity index (χ1n) is 5.43. The van der Waals surface area contributed by atoms with Crippen molar-refractivity contribution in [2.45, 2.75) is 5.09 Å². The molecule has 0 saturated heterocycles. The van der Waals surface area contributed by atoms with Crippen LogP contribution in [0.3, 0.4) is 0 Å². The van der Waals surface area contributed by atoms with Crippen LogP contribution in [0, 0.1) is 0 Å². The Morgan fingerprint density at radius 2 is 1.79 bits per heavy atom. The van der Waals surface area contributed by atoms with Crippen LogP contribution >= 0.6 is 0 Å². The molecule has 2 N–H and O–H groups in total. The van der Waals surface area contributed by atoms with Crippen molar-refractivity contribution < 1.29 is 17.6 Å². The lowest BCUT2D eigenvalue weighted by atomic mass is 10.3. The Hall–Kier alpha value is -2.12. The molecule has 2 rings (SSSR count). The maximum atomic E-state index is 11.8. The van der Waals surface area contributed by atoms with Crippen LogP contribution in [0.4, 0.5) is 5.69 Å². The van der Waals surface area contributed by atoms with Gasteiger partial charge in [-0.1, -0.05) is 18.2 Å². The summed E-state index contributed by atoms with van der Waals surface area (Å²) in [4.78, 5) is 11.8. The molecule has 1 aromatic carbocycles. The number of carbonyl (C=O) groups is 1. The molecule has 0 unspecified atom stereocenters. The van der Waals surface area contributed by atoms with Crippen LogP contribution in [-0.2, 0) is 10.0 Å². The summed E-state index contributed by atoms with van der Waals surface area (Å²) in [5.41, 5.74) is 0.599. The highest BCUT2D eigenvalue weighted by Gasteiger charge is 2.19. The van der Waals surface area contributed by atoms with Crippen molar-refractivity contribution >= 4 is 21.6 Å². The highest BCUT2D eigenvalue weighted by Crippen LogP contribution is 2.15. The molecule has 0 bridgehead atoms. The lowest BCUT2D eigenvalue weighted by Crippen LogP contribution is -2.18. The fourth-order valence-corrected chi connectivity index (χ4v) is 2.05. The van der Waals surface area contributed by atoms with Crippen LogP contribution < -0.4 is 10.0 Å². The highest BCUT2D eigenvalue weighted by molar-refractivity contribution is 7.89. The van der Waals surface area contributed by atoms with Gasteiger partial charge in [0.25, 0.3) is 15.9 Å². The first-order valence-corrected chi connectivity index (χ1v) is 6.91. The molecule has 0 atom stereocenters. The maximum absolute atomic E-state index is 11.8. The van der Waals surface area contributed by atoms with E-state index in [0.29, 0.717) is 5.69 Å². The van der Waals surface area contributed by atoms with Crippen molar-refractivity contribution in [2.24, 2.45) is 0 Å². The second-order valence-corrected chi connectivity index (χ2v) is 5.46. The van der Waals surface area contributed by atoms with Gasteiger partial charge < -0.3 is 9.73 Å². The van der Waals surface area contributed by atoms with Gasteiger partial charge >= 0.3 is 0 Å². The molecule has 6 nitrogen and oxygen atoms in total. The fourth-order valence-electron chi connectivity index (χ4n) is 1.40. The summed E-state index contributed by atoms with van der Waals surface area (Å²) in [5.74, 6) is -0.582. The molecule has 1 amide bonds. The average Bonchev–Trinajstić information content (AvgIpc) is 2.90. The molecule has 0 aliphatic rings. The standard InChI is InChI=1S/C12H12N2O4S/c1-13-19(16,17)11-8-7-10(18-11)12(15)14-9-5-3-2-4-6-9/h2-8,13H,1H3,(H,14,15). The van der Waals surface area contributed by atoms with E-state index < -0.39 is 15.9 Å². The molecule has 0 fully saturated rings. The van der Waals surface area contributed by atoms with Gasteiger partial charge in [-0.15, -0.1) is 0 Å². The number of amides is 1. The van der Waals surface area contributed by atoms with Crippen molar-refractivity contribution in [3.8, 4) is 0 Å². The lowest BCUT2D eigenvalue weighted by Gasteiger charge is -2.02. The molecule has 1 heterocycles. The van der Waals surface area contributed by atoms with Crippen LogP contribution in [0.15, 0.2) is 52.0 Å². The third-order valence-electron chi connectivity index (χ3n) is 2.37. The first-order chi connectivity index (χ1) is 9.03. The Balaban J connectivity index is 2.18. The molecule has 7 heteroatoms. The van der Waals surface area contributed by atoms with Gasteiger partial charge in [-0.25, -0.2) is 13.1 Å². The van der Waals surface area contributed by atoms with Gasteiger partial charge in [0.2, 0.25) is 5.09 Å². The van der Waals surface area contributed by atoms with Gasteiger partial charge in [0.1, 0.15) is 0 Å². The van der Waals surface area contributed by atoms with Gasteiger partial charge in [0.05, 0.1) is 0 Å². The maximum Gasteiger partial charge on any atom is 0.291 e. The molecule has 100 valence electrons. The van der Waals surface area contributed by atoms with E-state index in [2.05, 4.69) is 10.0 Å². The van der Waals surface area contributed by atoms with Crippen LogP contribution in [-0.4, -0.2) is 21.4 Å². The van der Waals surface area contributed by atoms with Gasteiger partial charge in [0.15, 0.2) is 5.76 Å². The summed E-state index contributed by atoms with van der Waals surface area (Å²) in [6.07, 6.45) is 0. The second-order valence-electron chi connectivity index (χ2n) is 3.65. The summed E-state index contributed by atoms with van der Waals surface area (Å²) in [5, 5.41) is 2.30. The number of furan rings is 1. The van der Waals surface area contributed by atoms with Crippen LogP contribution in [0.25, 0.3) is 0 Å². The summed E-state index contributed by atoms with van der Waals surface area (Å²) < 4.78 is 30.0. The van der Waals surface area contributed by atoms with E-state index in [1.54, 1.807) is 24.3 Å². The molecule has 0 aliphatic carbocycles. The Morgan fingerprint density at radius 1 is 1.11 bits per heavy atom. The summed E-state index contributed by atoms with van der Waals surface area (Å²) >= 11 is 0. The van der Waals surface area contributed by atoms with Gasteiger partial charge in [-0.3, -0.25) is 4.79 Å². The zero-order valence-electron chi connectivity index (χ0n) is 10.1. The average molecular weight is 280 g/mol. The normalized spacial score (nSPS) is 11.2. The Labute approximate surface area is 110 Å².